The van der Waals surface area contributed by atoms with Gasteiger partial charge < -0.3 is 10.6 Å². The van der Waals surface area contributed by atoms with Gasteiger partial charge in [-0.1, -0.05) is 24.3 Å². The van der Waals surface area contributed by atoms with Crippen LogP contribution in [0.15, 0.2) is 54.8 Å². The molecule has 0 radical (unpaired) electrons. The van der Waals surface area contributed by atoms with Crippen molar-refractivity contribution in [2.45, 2.75) is 0 Å². The first-order valence-electron chi connectivity index (χ1n) is 7.35. The minimum Gasteiger partial charge on any atom is -0.369 e. The van der Waals surface area contributed by atoms with Crippen molar-refractivity contribution in [3.8, 4) is 0 Å². The molecule has 1 aromatic heterocycles. The molecule has 3 rings (SSSR count). The standard InChI is InChI=1S/C17H18N4OS/c1-23(22)12-11-19-16-13-7-4-5-8-14(13)20-17(21-16)15-9-3-2-6-10-18-15/h2-10,18H,11-12H2,1H3,(H,19,20,21). The zero-order chi connectivity index (χ0) is 16.1. The monoisotopic (exact) mass is 326 g/mol. The van der Waals surface area contributed by atoms with Gasteiger partial charge in [-0.2, -0.15) is 0 Å². The Morgan fingerprint density at radius 1 is 1.17 bits per heavy atom. The van der Waals surface area contributed by atoms with E-state index in [9.17, 15) is 4.21 Å². The van der Waals surface area contributed by atoms with Crippen molar-refractivity contribution in [3.05, 3.63) is 60.6 Å². The molecule has 1 aliphatic rings. The lowest BCUT2D eigenvalue weighted by molar-refractivity contribution is 0.687. The predicted octanol–water partition coefficient (Wildman–Crippen LogP) is 2.43. The van der Waals surface area contributed by atoms with Crippen LogP contribution in [0.1, 0.15) is 5.82 Å². The van der Waals surface area contributed by atoms with Crippen LogP contribution in [-0.4, -0.2) is 32.7 Å². The van der Waals surface area contributed by atoms with Gasteiger partial charge in [0.1, 0.15) is 5.82 Å². The Morgan fingerprint density at radius 3 is 2.91 bits per heavy atom. The Morgan fingerprint density at radius 2 is 2.04 bits per heavy atom. The second-order valence-corrected chi connectivity index (χ2v) is 6.64. The highest BCUT2D eigenvalue weighted by Crippen LogP contribution is 2.22. The van der Waals surface area contributed by atoms with E-state index >= 15 is 0 Å². The first kappa shape index (κ1) is 15.4. The Hall–Kier alpha value is -2.47. The maximum Gasteiger partial charge on any atom is 0.178 e. The topological polar surface area (TPSA) is 66.9 Å². The van der Waals surface area contributed by atoms with Gasteiger partial charge >= 0.3 is 0 Å². The van der Waals surface area contributed by atoms with Gasteiger partial charge in [-0.25, -0.2) is 9.97 Å². The number of hydrogen-bond acceptors (Lipinski definition) is 5. The lowest BCUT2D eigenvalue weighted by Gasteiger charge is -2.12. The van der Waals surface area contributed by atoms with Gasteiger partial charge in [0.2, 0.25) is 0 Å². The number of hydrogen-bond donors (Lipinski definition) is 2. The van der Waals surface area contributed by atoms with E-state index in [1.165, 1.54) is 0 Å². The summed E-state index contributed by atoms with van der Waals surface area (Å²) in [6.45, 7) is 0.607. The van der Waals surface area contributed by atoms with Gasteiger partial charge in [-0.05, 0) is 24.3 Å². The number of benzene rings is 1. The predicted molar refractivity (Wildman–Crippen MR) is 96.4 cm³/mol. The summed E-state index contributed by atoms with van der Waals surface area (Å²) in [5.74, 6) is 1.97. The van der Waals surface area contributed by atoms with Crippen LogP contribution in [0.2, 0.25) is 0 Å². The van der Waals surface area contributed by atoms with Gasteiger partial charge in [-0.15, -0.1) is 0 Å². The van der Waals surface area contributed by atoms with Gasteiger partial charge in [-0.3, -0.25) is 4.21 Å². The second kappa shape index (κ2) is 7.19. The summed E-state index contributed by atoms with van der Waals surface area (Å²) in [6, 6.07) is 7.87. The quantitative estimate of drug-likeness (QED) is 0.883. The zero-order valence-corrected chi connectivity index (χ0v) is 13.6. The summed E-state index contributed by atoms with van der Waals surface area (Å²) >= 11 is 0. The van der Waals surface area contributed by atoms with E-state index in [0.29, 0.717) is 18.1 Å². The Bertz CT molecular complexity index is 826. The molecule has 1 aliphatic heterocycles. The first-order chi connectivity index (χ1) is 11.2. The van der Waals surface area contributed by atoms with E-state index in [2.05, 4.69) is 20.6 Å². The second-order valence-electron chi connectivity index (χ2n) is 5.09. The summed E-state index contributed by atoms with van der Waals surface area (Å²) < 4.78 is 11.3. The van der Waals surface area contributed by atoms with Crippen molar-refractivity contribution >= 4 is 33.2 Å². The minimum absolute atomic E-state index is 0.583. The number of nitrogens with one attached hydrogen (secondary N) is 2. The van der Waals surface area contributed by atoms with Crippen molar-refractivity contribution < 1.29 is 4.21 Å². The highest BCUT2D eigenvalue weighted by Gasteiger charge is 2.10. The molecular formula is C17H18N4OS. The molecule has 6 heteroatoms. The molecule has 5 nitrogen and oxygen atoms in total. The lowest BCUT2D eigenvalue weighted by atomic mass is 10.2. The van der Waals surface area contributed by atoms with Crippen LogP contribution in [0.25, 0.3) is 16.6 Å². The summed E-state index contributed by atoms with van der Waals surface area (Å²) in [5, 5.41) is 7.42. The Kier molecular flexibility index (Phi) is 4.83. The number of rotatable bonds is 5. The average molecular weight is 326 g/mol. The normalized spacial score (nSPS) is 14.9. The molecule has 0 saturated heterocycles. The van der Waals surface area contributed by atoms with Gasteiger partial charge in [0.15, 0.2) is 5.82 Å². The fourth-order valence-corrected chi connectivity index (χ4v) is 2.63. The number of nitrogens with zero attached hydrogens (tertiary/aromatic N) is 2. The zero-order valence-electron chi connectivity index (χ0n) is 12.8. The molecule has 0 amide bonds. The molecule has 0 saturated carbocycles. The summed E-state index contributed by atoms with van der Waals surface area (Å²) in [6.07, 6.45) is 11.3. The average Bonchev–Trinajstić information content (AvgIpc) is 2.83. The molecule has 1 aromatic carbocycles. The van der Waals surface area contributed by atoms with Crippen molar-refractivity contribution in [2.24, 2.45) is 0 Å². The smallest absolute Gasteiger partial charge is 0.178 e. The number of allylic oxidation sites excluding steroid dienone is 4. The van der Waals surface area contributed by atoms with Crippen LogP contribution >= 0.6 is 0 Å². The number of fused-ring (bicyclic) bond motifs is 1. The van der Waals surface area contributed by atoms with Crippen LogP contribution in [0, 0.1) is 0 Å². The highest BCUT2D eigenvalue weighted by molar-refractivity contribution is 7.84. The van der Waals surface area contributed by atoms with E-state index in [4.69, 9.17) is 0 Å². The van der Waals surface area contributed by atoms with Crippen LogP contribution < -0.4 is 10.6 Å². The van der Waals surface area contributed by atoms with E-state index in [-0.39, 0.29) is 0 Å². The fourth-order valence-electron chi connectivity index (χ4n) is 2.24. The van der Waals surface area contributed by atoms with E-state index in [0.717, 1.165) is 22.4 Å². The SMILES string of the molecule is CS(=O)CCNc1nc(C2=CC=CC=CN2)nc2ccccc12. The summed E-state index contributed by atoms with van der Waals surface area (Å²) in [4.78, 5) is 9.28. The Balaban J connectivity index is 1.99. The van der Waals surface area contributed by atoms with Gasteiger partial charge in [0.25, 0.3) is 0 Å². The highest BCUT2D eigenvalue weighted by atomic mass is 32.2. The molecule has 2 heterocycles. The summed E-state index contributed by atoms with van der Waals surface area (Å²) in [7, 11) is -0.833. The molecule has 2 aromatic rings. The molecular weight excluding hydrogens is 308 g/mol. The van der Waals surface area contributed by atoms with Crippen LogP contribution in [-0.2, 0) is 10.8 Å². The van der Waals surface area contributed by atoms with Crippen molar-refractivity contribution in [1.29, 1.82) is 0 Å². The van der Waals surface area contributed by atoms with Gasteiger partial charge in [0.05, 0.1) is 11.2 Å². The molecule has 0 aliphatic carbocycles. The molecule has 23 heavy (non-hydrogen) atoms. The fraction of sp³-hybridized carbons (Fsp3) is 0.176. The number of para-hydroxylation sites is 1. The van der Waals surface area contributed by atoms with E-state index in [1.807, 2.05) is 54.8 Å². The van der Waals surface area contributed by atoms with Crippen LogP contribution in [0.3, 0.4) is 0 Å². The van der Waals surface area contributed by atoms with Crippen LogP contribution in [0.5, 0.6) is 0 Å². The third-order valence-corrected chi connectivity index (χ3v) is 4.13. The maximum atomic E-state index is 11.3. The van der Waals surface area contributed by atoms with Crippen LogP contribution in [0.4, 0.5) is 5.82 Å². The van der Waals surface area contributed by atoms with Gasteiger partial charge in [0, 0.05) is 40.9 Å². The van der Waals surface area contributed by atoms with Crippen molar-refractivity contribution in [2.75, 3.05) is 23.9 Å². The molecule has 0 spiro atoms. The molecule has 0 bridgehead atoms. The lowest BCUT2D eigenvalue weighted by Crippen LogP contribution is -2.14. The summed E-state index contributed by atoms with van der Waals surface area (Å²) in [5.41, 5.74) is 1.71. The Labute approximate surface area is 137 Å². The molecule has 118 valence electrons. The third kappa shape index (κ3) is 3.84. The van der Waals surface area contributed by atoms with Crippen molar-refractivity contribution in [1.82, 2.24) is 15.3 Å². The first-order valence-corrected chi connectivity index (χ1v) is 9.08. The van der Waals surface area contributed by atoms with E-state index in [1.54, 1.807) is 6.26 Å². The molecule has 0 fully saturated rings. The largest absolute Gasteiger partial charge is 0.369 e. The third-order valence-electron chi connectivity index (χ3n) is 3.35. The maximum absolute atomic E-state index is 11.3. The molecule has 1 unspecified atom stereocenters. The number of anilines is 1. The molecule has 1 atom stereocenters. The molecule has 2 N–H and O–H groups in total. The number of aromatic nitrogens is 2. The minimum atomic E-state index is -0.833. The van der Waals surface area contributed by atoms with Crippen molar-refractivity contribution in [3.63, 3.8) is 0 Å². The van der Waals surface area contributed by atoms with E-state index < -0.39 is 10.8 Å².